The molecule has 0 aliphatic carbocycles. The topological polar surface area (TPSA) is 79.7 Å². The number of methoxy groups -OCH3 is 1. The second-order valence-corrected chi connectivity index (χ2v) is 9.42. The van der Waals surface area contributed by atoms with Gasteiger partial charge in [-0.05, 0) is 47.3 Å². The molecular weight excluding hydrogens is 468 g/mol. The van der Waals surface area contributed by atoms with Crippen LogP contribution in [0.5, 0.6) is 5.75 Å². The van der Waals surface area contributed by atoms with Gasteiger partial charge in [0.2, 0.25) is 5.78 Å². The molecule has 160 valence electrons. The van der Waals surface area contributed by atoms with Gasteiger partial charge < -0.3 is 9.84 Å². The average molecular weight is 483 g/mol. The van der Waals surface area contributed by atoms with Crippen LogP contribution >= 0.6 is 34.3 Å². The molecule has 3 heterocycles. The zero-order valence-electron chi connectivity index (χ0n) is 16.6. The molecule has 9 heteroatoms. The number of ether oxygens (including phenoxy) is 1. The van der Waals surface area contributed by atoms with Gasteiger partial charge in [0, 0.05) is 5.02 Å². The summed E-state index contributed by atoms with van der Waals surface area (Å²) < 4.78 is 6.04. The maximum atomic E-state index is 13.3. The minimum absolute atomic E-state index is 0.0277. The average Bonchev–Trinajstić information content (AvgIpc) is 3.52. The number of nitrogens with zero attached hydrogens (tertiary/aromatic N) is 2. The summed E-state index contributed by atoms with van der Waals surface area (Å²) in [7, 11) is 1.56. The Morgan fingerprint density at radius 2 is 1.97 bits per heavy atom. The largest absolute Gasteiger partial charge is 0.503 e. The first-order chi connectivity index (χ1) is 15.5. The summed E-state index contributed by atoms with van der Waals surface area (Å²) in [4.78, 5) is 32.9. The fourth-order valence-corrected chi connectivity index (χ4v) is 5.61. The molecule has 5 rings (SSSR count). The lowest BCUT2D eigenvalue weighted by Crippen LogP contribution is -2.30. The molecule has 0 fully saturated rings. The highest BCUT2D eigenvalue weighted by Gasteiger charge is 2.46. The highest BCUT2D eigenvalue weighted by atomic mass is 35.5. The fraction of sp³-hybridized carbons (Fsp3) is 0.0870. The number of amides is 1. The van der Waals surface area contributed by atoms with Gasteiger partial charge in [0.25, 0.3) is 5.91 Å². The second-order valence-electron chi connectivity index (χ2n) is 7.03. The van der Waals surface area contributed by atoms with Gasteiger partial charge in [-0.1, -0.05) is 41.1 Å². The lowest BCUT2D eigenvalue weighted by Gasteiger charge is -2.24. The van der Waals surface area contributed by atoms with E-state index in [2.05, 4.69) is 4.98 Å². The van der Waals surface area contributed by atoms with Gasteiger partial charge in [-0.15, -0.1) is 11.3 Å². The molecule has 1 unspecified atom stereocenters. The third kappa shape index (κ3) is 3.37. The molecule has 6 nitrogen and oxygen atoms in total. The number of Topliss-reactive ketones (excluding diaryl/α,β-unsaturated/α-hetero) is 1. The predicted molar refractivity (Wildman–Crippen MR) is 126 cm³/mol. The highest BCUT2D eigenvalue weighted by molar-refractivity contribution is 7.22. The number of fused-ring (bicyclic) bond motifs is 1. The second kappa shape index (κ2) is 8.05. The predicted octanol–water partition coefficient (Wildman–Crippen LogP) is 5.80. The lowest BCUT2D eigenvalue weighted by molar-refractivity contribution is -0.117. The van der Waals surface area contributed by atoms with Crippen LogP contribution in [-0.4, -0.2) is 28.9 Å². The van der Waals surface area contributed by atoms with E-state index in [-0.39, 0.29) is 5.57 Å². The third-order valence-electron chi connectivity index (χ3n) is 5.17. The molecule has 1 N–H and O–H groups in total. The number of halogens is 1. The third-order valence-corrected chi connectivity index (χ3v) is 7.30. The molecule has 0 saturated carbocycles. The first kappa shape index (κ1) is 20.7. The van der Waals surface area contributed by atoms with Crippen molar-refractivity contribution in [2.24, 2.45) is 0 Å². The number of carbonyl (C=O) groups excluding carboxylic acids is 2. The Balaban J connectivity index is 1.67. The van der Waals surface area contributed by atoms with Crippen molar-refractivity contribution in [3.8, 4) is 5.75 Å². The Hall–Kier alpha value is -3.20. The van der Waals surface area contributed by atoms with E-state index in [1.807, 2.05) is 0 Å². The standard InChI is InChI=1S/C23H15ClN2O4S2/c1-30-14-7-4-12(5-8-14)19-18(20(27)16-3-2-10-31-16)21(28)22(29)26(19)23-25-15-9-6-13(24)11-17(15)32-23/h2-11,19,28H,1H3. The van der Waals surface area contributed by atoms with Crippen molar-refractivity contribution in [1.82, 2.24) is 4.98 Å². The van der Waals surface area contributed by atoms with E-state index >= 15 is 0 Å². The summed E-state index contributed by atoms with van der Waals surface area (Å²) in [5.41, 5.74) is 1.36. The van der Waals surface area contributed by atoms with Crippen LogP contribution in [0.25, 0.3) is 10.2 Å². The summed E-state index contributed by atoms with van der Waals surface area (Å²) in [6.07, 6.45) is 0. The zero-order chi connectivity index (χ0) is 22.4. The summed E-state index contributed by atoms with van der Waals surface area (Å²) in [5.74, 6) is -0.991. The summed E-state index contributed by atoms with van der Waals surface area (Å²) in [6.45, 7) is 0. The maximum Gasteiger partial charge on any atom is 0.296 e. The van der Waals surface area contributed by atoms with Crippen molar-refractivity contribution in [2.75, 3.05) is 12.0 Å². The van der Waals surface area contributed by atoms with Crippen molar-refractivity contribution in [3.63, 3.8) is 0 Å². The minimum atomic E-state index is -0.834. The molecule has 1 amide bonds. The van der Waals surface area contributed by atoms with Gasteiger partial charge in [0.05, 0.1) is 33.8 Å². The number of hydrogen-bond donors (Lipinski definition) is 1. The van der Waals surface area contributed by atoms with Gasteiger partial charge in [-0.25, -0.2) is 4.98 Å². The molecule has 0 radical (unpaired) electrons. The molecule has 4 aromatic rings. The molecule has 2 aromatic heterocycles. The molecule has 0 spiro atoms. The van der Waals surface area contributed by atoms with Crippen LogP contribution in [0.4, 0.5) is 5.13 Å². The Kier molecular flexibility index (Phi) is 5.21. The van der Waals surface area contributed by atoms with Crippen LogP contribution in [0.3, 0.4) is 0 Å². The number of aliphatic hydroxyl groups excluding tert-OH is 1. The van der Waals surface area contributed by atoms with Gasteiger partial charge >= 0.3 is 0 Å². The Labute approximate surface area is 196 Å². The van der Waals surface area contributed by atoms with Crippen molar-refractivity contribution in [3.05, 3.63) is 86.8 Å². The van der Waals surface area contributed by atoms with Gasteiger partial charge in [0.15, 0.2) is 10.9 Å². The number of rotatable bonds is 5. The SMILES string of the molecule is COc1ccc(C2C(C(=O)c3cccs3)=C(O)C(=O)N2c2nc3ccc(Cl)cc3s2)cc1. The summed E-state index contributed by atoms with van der Waals surface area (Å²) >= 11 is 8.63. The number of anilines is 1. The van der Waals surface area contributed by atoms with Crippen LogP contribution in [0.15, 0.2) is 71.3 Å². The van der Waals surface area contributed by atoms with Crippen LogP contribution in [0.2, 0.25) is 5.02 Å². The Morgan fingerprint density at radius 1 is 1.19 bits per heavy atom. The number of aromatic nitrogens is 1. The normalized spacial score (nSPS) is 16.2. The summed E-state index contributed by atoms with van der Waals surface area (Å²) in [6, 6.07) is 14.9. The van der Waals surface area contributed by atoms with Crippen LogP contribution in [-0.2, 0) is 4.79 Å². The van der Waals surface area contributed by atoms with Gasteiger partial charge in [0.1, 0.15) is 5.75 Å². The zero-order valence-corrected chi connectivity index (χ0v) is 19.0. The maximum absolute atomic E-state index is 13.3. The van der Waals surface area contributed by atoms with E-state index in [9.17, 15) is 14.7 Å². The van der Waals surface area contributed by atoms with Crippen molar-refractivity contribution in [1.29, 1.82) is 0 Å². The molecule has 1 aliphatic rings. The van der Waals surface area contributed by atoms with Crippen molar-refractivity contribution >= 4 is 61.3 Å². The molecule has 0 saturated heterocycles. The van der Waals surface area contributed by atoms with Crippen LogP contribution in [0.1, 0.15) is 21.3 Å². The monoisotopic (exact) mass is 482 g/mol. The fourth-order valence-electron chi connectivity index (χ4n) is 3.67. The minimum Gasteiger partial charge on any atom is -0.503 e. The van der Waals surface area contributed by atoms with Crippen LogP contribution in [0, 0.1) is 0 Å². The number of ketones is 1. The number of thiazole rings is 1. The highest BCUT2D eigenvalue weighted by Crippen LogP contribution is 2.44. The number of thiophene rings is 1. The molecule has 2 aromatic carbocycles. The first-order valence-electron chi connectivity index (χ1n) is 9.53. The van der Waals surface area contributed by atoms with E-state index in [0.29, 0.717) is 31.9 Å². The van der Waals surface area contributed by atoms with Gasteiger partial charge in [-0.2, -0.15) is 0 Å². The van der Waals surface area contributed by atoms with E-state index in [1.54, 1.807) is 67.1 Å². The quantitative estimate of drug-likeness (QED) is 0.363. The van der Waals surface area contributed by atoms with E-state index < -0.39 is 23.5 Å². The van der Waals surface area contributed by atoms with Crippen molar-refractivity contribution < 1.29 is 19.4 Å². The molecule has 1 atom stereocenters. The van der Waals surface area contributed by atoms with Crippen LogP contribution < -0.4 is 9.64 Å². The summed E-state index contributed by atoms with van der Waals surface area (Å²) in [5, 5.41) is 13.5. The van der Waals surface area contributed by atoms with Gasteiger partial charge in [-0.3, -0.25) is 14.5 Å². The van der Waals surface area contributed by atoms with E-state index in [0.717, 1.165) is 4.70 Å². The Morgan fingerprint density at radius 3 is 2.66 bits per heavy atom. The lowest BCUT2D eigenvalue weighted by atomic mass is 9.95. The molecule has 1 aliphatic heterocycles. The number of benzene rings is 2. The molecule has 32 heavy (non-hydrogen) atoms. The number of carbonyl (C=O) groups is 2. The molecular formula is C23H15ClN2O4S2. The Bertz CT molecular complexity index is 1380. The smallest absolute Gasteiger partial charge is 0.296 e. The van der Waals surface area contributed by atoms with Crippen molar-refractivity contribution in [2.45, 2.75) is 6.04 Å². The van der Waals surface area contributed by atoms with E-state index in [1.165, 1.54) is 27.6 Å². The number of hydrogen-bond acceptors (Lipinski definition) is 7. The number of aliphatic hydroxyl groups is 1. The molecule has 0 bridgehead atoms. The van der Waals surface area contributed by atoms with E-state index in [4.69, 9.17) is 16.3 Å². The first-order valence-corrected chi connectivity index (χ1v) is 11.6.